The van der Waals surface area contributed by atoms with Gasteiger partial charge in [0.05, 0.1) is 5.60 Å². The lowest BCUT2D eigenvalue weighted by molar-refractivity contribution is -0.113. The zero-order valence-electron chi connectivity index (χ0n) is 15.0. The highest BCUT2D eigenvalue weighted by Crippen LogP contribution is 2.63. The Kier molecular flexibility index (Phi) is 3.70. The van der Waals surface area contributed by atoms with E-state index in [4.69, 9.17) is 0 Å². The number of carbonyl (C=O) groups is 1. The molecule has 2 N–H and O–H groups in total. The molecular weight excluding hydrogens is 288 g/mol. The predicted molar refractivity (Wildman–Crippen MR) is 90.8 cm³/mol. The number of ketones is 1. The summed E-state index contributed by atoms with van der Waals surface area (Å²) in [6.07, 6.45) is 6.57. The number of rotatable bonds is 0. The Morgan fingerprint density at radius 2 is 1.78 bits per heavy atom. The summed E-state index contributed by atoms with van der Waals surface area (Å²) < 4.78 is 0. The van der Waals surface area contributed by atoms with E-state index in [0.29, 0.717) is 47.2 Å². The average Bonchev–Trinajstić information content (AvgIpc) is 2.84. The fraction of sp³-hybridized carbons (Fsp3) is 0.750. The smallest absolute Gasteiger partial charge is 0.187 e. The number of aliphatic hydroxyl groups is 2. The largest absolute Gasteiger partial charge is 0.386 e. The van der Waals surface area contributed by atoms with E-state index >= 15 is 0 Å². The molecule has 0 aromatic carbocycles. The van der Waals surface area contributed by atoms with Crippen LogP contribution in [0.5, 0.6) is 0 Å². The summed E-state index contributed by atoms with van der Waals surface area (Å²) in [5, 5.41) is 21.9. The molecule has 0 aromatic rings. The number of fused-ring (bicyclic) bond motifs is 2. The first kappa shape index (κ1) is 16.9. The first-order chi connectivity index (χ1) is 10.5. The highest BCUT2D eigenvalue weighted by Gasteiger charge is 2.57. The zero-order chi connectivity index (χ0) is 17.2. The number of Topliss-reactive ketones (excluding diaryl/α,β-unsaturated/α-hetero) is 1. The first-order valence-corrected chi connectivity index (χ1v) is 8.88. The third-order valence-corrected chi connectivity index (χ3v) is 6.55. The van der Waals surface area contributed by atoms with E-state index < -0.39 is 11.2 Å². The minimum Gasteiger partial charge on any atom is -0.386 e. The molecule has 23 heavy (non-hydrogen) atoms. The van der Waals surface area contributed by atoms with Crippen LogP contribution in [0.2, 0.25) is 0 Å². The molecule has 0 aromatic heterocycles. The van der Waals surface area contributed by atoms with Crippen LogP contribution in [-0.4, -0.2) is 27.2 Å². The average molecular weight is 318 g/mol. The molecule has 3 aliphatic rings. The summed E-state index contributed by atoms with van der Waals surface area (Å²) in [4.78, 5) is 12.5. The monoisotopic (exact) mass is 318 g/mol. The Hall–Kier alpha value is -0.930. The minimum atomic E-state index is -1.22. The molecule has 1 unspecified atom stereocenters. The second-order valence-electron chi connectivity index (χ2n) is 9.11. The zero-order valence-corrected chi connectivity index (χ0v) is 15.0. The quantitative estimate of drug-likeness (QED) is 0.719. The molecule has 5 atom stereocenters. The van der Waals surface area contributed by atoms with E-state index in [1.165, 1.54) is 0 Å². The molecule has 1 fully saturated rings. The van der Waals surface area contributed by atoms with E-state index in [1.54, 1.807) is 26.0 Å². The molecule has 3 aliphatic carbocycles. The maximum absolute atomic E-state index is 12.5. The lowest BCUT2D eigenvalue weighted by Crippen LogP contribution is -2.33. The Balaban J connectivity index is 1.98. The van der Waals surface area contributed by atoms with Gasteiger partial charge in [-0.15, -0.1) is 0 Å². The van der Waals surface area contributed by atoms with Gasteiger partial charge in [-0.2, -0.15) is 0 Å². The summed E-state index contributed by atoms with van der Waals surface area (Å²) in [6.45, 7) is 10.3. The van der Waals surface area contributed by atoms with E-state index in [2.05, 4.69) is 20.8 Å². The van der Waals surface area contributed by atoms with Crippen LogP contribution in [0.25, 0.3) is 0 Å². The van der Waals surface area contributed by atoms with Gasteiger partial charge in [0.25, 0.3) is 0 Å². The van der Waals surface area contributed by atoms with Crippen molar-refractivity contribution in [2.24, 2.45) is 23.2 Å². The van der Waals surface area contributed by atoms with Crippen molar-refractivity contribution in [2.75, 3.05) is 0 Å². The molecule has 3 nitrogen and oxygen atoms in total. The Morgan fingerprint density at radius 1 is 1.13 bits per heavy atom. The fourth-order valence-corrected chi connectivity index (χ4v) is 5.05. The van der Waals surface area contributed by atoms with E-state index in [9.17, 15) is 15.0 Å². The van der Waals surface area contributed by atoms with Gasteiger partial charge in [0.15, 0.2) is 5.78 Å². The molecule has 0 saturated heterocycles. The van der Waals surface area contributed by atoms with E-state index in [1.807, 2.05) is 0 Å². The molecule has 0 spiro atoms. The normalized spacial score (nSPS) is 48.5. The SMILES string of the molecule is CC1=C[C@]2(O)CC(C)C[C@@H]3[C@H](CC[C@](C)(O)/C=C\2C1=O)C3(C)C. The van der Waals surface area contributed by atoms with Crippen LogP contribution >= 0.6 is 0 Å². The molecule has 3 heteroatoms. The van der Waals surface area contributed by atoms with Crippen LogP contribution in [-0.2, 0) is 4.79 Å². The standard InChI is InChI=1S/C20H30O3/c1-12-8-15-14(18(15,3)4)6-7-19(5,22)11-16-17(21)13(2)10-20(16,23)9-12/h10-12,14-15,22-23H,6-9H2,1-5H3/b16-11-/t12?,14-,15+,19-,20+/m0/s1. The molecule has 0 aliphatic heterocycles. The third kappa shape index (κ3) is 2.83. The van der Waals surface area contributed by atoms with Crippen LogP contribution in [0.1, 0.15) is 60.3 Å². The Bertz CT molecular complexity index is 596. The number of hydrogen-bond donors (Lipinski definition) is 2. The van der Waals surface area contributed by atoms with Crippen molar-refractivity contribution in [3.05, 3.63) is 23.3 Å². The molecule has 3 rings (SSSR count). The number of hydrogen-bond acceptors (Lipinski definition) is 3. The summed E-state index contributed by atoms with van der Waals surface area (Å²) in [7, 11) is 0. The van der Waals surface area contributed by atoms with E-state index in [0.717, 1.165) is 12.8 Å². The number of carbonyl (C=O) groups excluding carboxylic acids is 1. The van der Waals surface area contributed by atoms with Crippen LogP contribution in [0.15, 0.2) is 23.3 Å². The third-order valence-electron chi connectivity index (χ3n) is 6.55. The minimum absolute atomic E-state index is 0.121. The summed E-state index contributed by atoms with van der Waals surface area (Å²) in [5.74, 6) is 1.51. The molecular formula is C20H30O3. The Morgan fingerprint density at radius 3 is 2.43 bits per heavy atom. The van der Waals surface area contributed by atoms with Gasteiger partial charge < -0.3 is 10.2 Å². The highest BCUT2D eigenvalue weighted by atomic mass is 16.3. The van der Waals surface area contributed by atoms with Crippen LogP contribution in [0.4, 0.5) is 0 Å². The van der Waals surface area contributed by atoms with Crippen molar-refractivity contribution in [2.45, 2.75) is 71.5 Å². The molecule has 1 saturated carbocycles. The van der Waals surface area contributed by atoms with Crippen molar-refractivity contribution in [3.63, 3.8) is 0 Å². The van der Waals surface area contributed by atoms with Gasteiger partial charge in [0, 0.05) is 5.57 Å². The summed E-state index contributed by atoms with van der Waals surface area (Å²) in [5.41, 5.74) is -0.974. The van der Waals surface area contributed by atoms with Crippen molar-refractivity contribution < 1.29 is 15.0 Å². The van der Waals surface area contributed by atoms with Gasteiger partial charge in [-0.25, -0.2) is 0 Å². The van der Waals surface area contributed by atoms with Gasteiger partial charge in [0.2, 0.25) is 0 Å². The highest BCUT2D eigenvalue weighted by molar-refractivity contribution is 6.12. The Labute approximate surface area is 139 Å². The van der Waals surface area contributed by atoms with Crippen molar-refractivity contribution in [1.82, 2.24) is 0 Å². The second-order valence-corrected chi connectivity index (χ2v) is 9.11. The van der Waals surface area contributed by atoms with Gasteiger partial charge in [-0.05, 0) is 80.4 Å². The first-order valence-electron chi connectivity index (χ1n) is 8.88. The van der Waals surface area contributed by atoms with Gasteiger partial charge >= 0.3 is 0 Å². The van der Waals surface area contributed by atoms with Crippen LogP contribution in [0, 0.1) is 23.2 Å². The van der Waals surface area contributed by atoms with Crippen LogP contribution < -0.4 is 0 Å². The molecule has 0 amide bonds. The van der Waals surface area contributed by atoms with Crippen molar-refractivity contribution >= 4 is 5.78 Å². The van der Waals surface area contributed by atoms with E-state index in [-0.39, 0.29) is 5.78 Å². The number of allylic oxidation sites excluding steroid dienone is 1. The maximum atomic E-state index is 12.5. The second kappa shape index (κ2) is 5.03. The van der Waals surface area contributed by atoms with Crippen molar-refractivity contribution in [1.29, 1.82) is 0 Å². The van der Waals surface area contributed by atoms with Crippen LogP contribution in [0.3, 0.4) is 0 Å². The predicted octanol–water partition coefficient (Wildman–Crippen LogP) is 3.41. The summed E-state index contributed by atoms with van der Waals surface area (Å²) in [6, 6.07) is 0. The molecule has 0 heterocycles. The van der Waals surface area contributed by atoms with Crippen molar-refractivity contribution in [3.8, 4) is 0 Å². The lowest BCUT2D eigenvalue weighted by atomic mass is 9.82. The molecule has 0 bridgehead atoms. The fourth-order valence-electron chi connectivity index (χ4n) is 5.05. The lowest BCUT2D eigenvalue weighted by Gasteiger charge is -2.29. The van der Waals surface area contributed by atoms with Gasteiger partial charge in [0.1, 0.15) is 5.60 Å². The molecule has 128 valence electrons. The maximum Gasteiger partial charge on any atom is 0.187 e. The topological polar surface area (TPSA) is 57.5 Å². The molecule has 0 radical (unpaired) electrons. The van der Waals surface area contributed by atoms with Gasteiger partial charge in [-0.1, -0.05) is 20.8 Å². The van der Waals surface area contributed by atoms with Gasteiger partial charge in [-0.3, -0.25) is 4.79 Å². The summed E-state index contributed by atoms with van der Waals surface area (Å²) >= 11 is 0.